The Morgan fingerprint density at radius 3 is 2.67 bits per heavy atom. The predicted octanol–water partition coefficient (Wildman–Crippen LogP) is 1.96. The summed E-state index contributed by atoms with van der Waals surface area (Å²) in [5, 5.41) is 11.9. The summed E-state index contributed by atoms with van der Waals surface area (Å²) in [7, 11) is 0. The van der Waals surface area contributed by atoms with Crippen LogP contribution >= 0.6 is 0 Å². The summed E-state index contributed by atoms with van der Waals surface area (Å²) >= 11 is 0. The molecule has 1 aromatic carbocycles. The van der Waals surface area contributed by atoms with Gasteiger partial charge in [0.25, 0.3) is 0 Å². The number of hydrogen-bond donors (Lipinski definition) is 2. The maximum atomic E-state index is 13.0. The number of aromatic hydroxyl groups is 1. The first kappa shape index (κ1) is 14.4. The van der Waals surface area contributed by atoms with Gasteiger partial charge in [-0.2, -0.15) is 0 Å². The Labute approximate surface area is 106 Å². The van der Waals surface area contributed by atoms with Gasteiger partial charge in [0, 0.05) is 6.54 Å². The van der Waals surface area contributed by atoms with Crippen LogP contribution in [0.5, 0.6) is 5.75 Å². The third kappa shape index (κ3) is 5.14. The first-order chi connectivity index (χ1) is 8.28. The molecular weight excluding hydrogens is 237 g/mol. The summed E-state index contributed by atoms with van der Waals surface area (Å²) in [6, 6.07) is 4.08. The predicted molar refractivity (Wildman–Crippen MR) is 65.6 cm³/mol. The summed E-state index contributed by atoms with van der Waals surface area (Å²) in [5.74, 6) is -1.42. The Bertz CT molecular complexity index is 427. The van der Waals surface area contributed by atoms with Gasteiger partial charge in [-0.1, -0.05) is 6.07 Å². The molecule has 0 heterocycles. The summed E-state index contributed by atoms with van der Waals surface area (Å²) in [5.41, 5.74) is 0.137. The molecule has 0 amide bonds. The minimum Gasteiger partial charge on any atom is -0.505 e. The standard InChI is InChI=1S/C13H18FNO3/c1-13(2,3)18-12(17)8-15-7-9-4-5-11(16)10(14)6-9/h4-6,15-16H,7-8H2,1-3H3. The number of nitrogens with one attached hydrogen (secondary N) is 1. The lowest BCUT2D eigenvalue weighted by Gasteiger charge is -2.19. The second kappa shape index (κ2) is 5.82. The van der Waals surface area contributed by atoms with Gasteiger partial charge < -0.3 is 15.2 Å². The third-order valence-corrected chi connectivity index (χ3v) is 2.03. The second-order valence-corrected chi connectivity index (χ2v) is 4.98. The zero-order valence-corrected chi connectivity index (χ0v) is 10.8. The SMILES string of the molecule is CC(C)(C)OC(=O)CNCc1ccc(O)c(F)c1. The van der Waals surface area contributed by atoms with Crippen LogP contribution in [0, 0.1) is 5.82 Å². The van der Waals surface area contributed by atoms with Crippen LogP contribution in [0.25, 0.3) is 0 Å². The van der Waals surface area contributed by atoms with Crippen molar-refractivity contribution >= 4 is 5.97 Å². The highest BCUT2D eigenvalue weighted by Crippen LogP contribution is 2.15. The van der Waals surface area contributed by atoms with E-state index in [9.17, 15) is 9.18 Å². The van der Waals surface area contributed by atoms with Crippen molar-refractivity contribution in [3.05, 3.63) is 29.6 Å². The number of hydrogen-bond acceptors (Lipinski definition) is 4. The van der Waals surface area contributed by atoms with Gasteiger partial charge in [-0.25, -0.2) is 4.39 Å². The highest BCUT2D eigenvalue weighted by atomic mass is 19.1. The average molecular weight is 255 g/mol. The molecular formula is C13H18FNO3. The monoisotopic (exact) mass is 255 g/mol. The minimum atomic E-state index is -0.674. The maximum absolute atomic E-state index is 13.0. The van der Waals surface area contributed by atoms with E-state index in [2.05, 4.69) is 5.32 Å². The molecule has 0 unspecified atom stereocenters. The van der Waals surface area contributed by atoms with Gasteiger partial charge in [0.15, 0.2) is 11.6 Å². The summed E-state index contributed by atoms with van der Waals surface area (Å²) in [4.78, 5) is 11.4. The largest absolute Gasteiger partial charge is 0.505 e. The molecule has 0 aliphatic carbocycles. The van der Waals surface area contributed by atoms with Crippen molar-refractivity contribution in [1.82, 2.24) is 5.32 Å². The van der Waals surface area contributed by atoms with Gasteiger partial charge in [-0.15, -0.1) is 0 Å². The van der Waals surface area contributed by atoms with E-state index in [0.717, 1.165) is 0 Å². The molecule has 0 saturated heterocycles. The van der Waals surface area contributed by atoms with E-state index in [0.29, 0.717) is 12.1 Å². The fraction of sp³-hybridized carbons (Fsp3) is 0.462. The molecule has 1 aromatic rings. The third-order valence-electron chi connectivity index (χ3n) is 2.03. The van der Waals surface area contributed by atoms with E-state index in [-0.39, 0.29) is 18.3 Å². The lowest BCUT2D eigenvalue weighted by atomic mass is 10.2. The summed E-state index contributed by atoms with van der Waals surface area (Å²) < 4.78 is 18.1. The quantitative estimate of drug-likeness (QED) is 0.807. The molecule has 100 valence electrons. The molecule has 0 aromatic heterocycles. The van der Waals surface area contributed by atoms with Crippen LogP contribution in [0.3, 0.4) is 0 Å². The van der Waals surface area contributed by atoms with E-state index in [4.69, 9.17) is 9.84 Å². The molecule has 5 heteroatoms. The van der Waals surface area contributed by atoms with Gasteiger partial charge in [0.2, 0.25) is 0 Å². The highest BCUT2D eigenvalue weighted by Gasteiger charge is 2.15. The lowest BCUT2D eigenvalue weighted by Crippen LogP contribution is -2.31. The van der Waals surface area contributed by atoms with Gasteiger partial charge >= 0.3 is 5.97 Å². The zero-order valence-electron chi connectivity index (χ0n) is 10.8. The fourth-order valence-corrected chi connectivity index (χ4v) is 1.35. The number of carbonyl (C=O) groups excluding carboxylic acids is 1. The Balaban J connectivity index is 2.38. The number of carbonyl (C=O) groups is 1. The van der Waals surface area contributed by atoms with E-state index in [1.54, 1.807) is 26.8 Å². The van der Waals surface area contributed by atoms with Crippen molar-refractivity contribution in [2.75, 3.05) is 6.54 Å². The average Bonchev–Trinajstić information content (AvgIpc) is 2.20. The van der Waals surface area contributed by atoms with Gasteiger partial charge in [0.1, 0.15) is 5.60 Å². The van der Waals surface area contributed by atoms with Crippen molar-refractivity contribution in [1.29, 1.82) is 0 Å². The molecule has 1 rings (SSSR count). The molecule has 0 saturated carbocycles. The van der Waals surface area contributed by atoms with Crippen molar-refractivity contribution in [3.8, 4) is 5.75 Å². The number of phenolic OH excluding ortho intramolecular Hbond substituents is 1. The van der Waals surface area contributed by atoms with Crippen molar-refractivity contribution in [3.63, 3.8) is 0 Å². The Kier molecular flexibility index (Phi) is 4.67. The maximum Gasteiger partial charge on any atom is 0.320 e. The zero-order chi connectivity index (χ0) is 13.8. The molecule has 0 radical (unpaired) electrons. The minimum absolute atomic E-state index is 0.0553. The van der Waals surface area contributed by atoms with Gasteiger partial charge in [-0.05, 0) is 38.5 Å². The van der Waals surface area contributed by atoms with Gasteiger partial charge in [0.05, 0.1) is 6.54 Å². The molecule has 0 aliphatic heterocycles. The van der Waals surface area contributed by atoms with Crippen molar-refractivity contribution in [2.24, 2.45) is 0 Å². The van der Waals surface area contributed by atoms with E-state index < -0.39 is 11.4 Å². The Morgan fingerprint density at radius 1 is 1.44 bits per heavy atom. The van der Waals surface area contributed by atoms with E-state index in [1.165, 1.54) is 12.1 Å². The van der Waals surface area contributed by atoms with E-state index >= 15 is 0 Å². The van der Waals surface area contributed by atoms with Crippen LogP contribution < -0.4 is 5.32 Å². The molecule has 2 N–H and O–H groups in total. The molecule has 0 atom stereocenters. The molecule has 0 bridgehead atoms. The first-order valence-corrected chi connectivity index (χ1v) is 5.68. The normalized spacial score (nSPS) is 11.3. The second-order valence-electron chi connectivity index (χ2n) is 4.98. The molecule has 0 spiro atoms. The number of phenols is 1. The summed E-state index contributed by atoms with van der Waals surface area (Å²) in [6.07, 6.45) is 0. The van der Waals surface area contributed by atoms with Gasteiger partial charge in [-0.3, -0.25) is 4.79 Å². The number of ether oxygens (including phenoxy) is 1. The van der Waals surface area contributed by atoms with Crippen LogP contribution in [0.1, 0.15) is 26.3 Å². The molecule has 4 nitrogen and oxygen atoms in total. The molecule has 0 aliphatic rings. The van der Waals surface area contributed by atoms with Crippen LogP contribution in [0.15, 0.2) is 18.2 Å². The van der Waals surface area contributed by atoms with Crippen LogP contribution in [-0.2, 0) is 16.1 Å². The van der Waals surface area contributed by atoms with Crippen LogP contribution in [-0.4, -0.2) is 23.2 Å². The highest BCUT2D eigenvalue weighted by molar-refractivity contribution is 5.72. The van der Waals surface area contributed by atoms with Crippen molar-refractivity contribution in [2.45, 2.75) is 32.9 Å². The van der Waals surface area contributed by atoms with Crippen LogP contribution in [0.4, 0.5) is 4.39 Å². The lowest BCUT2D eigenvalue weighted by molar-refractivity contribution is -0.153. The Morgan fingerprint density at radius 2 is 2.11 bits per heavy atom. The number of rotatable bonds is 4. The molecule has 18 heavy (non-hydrogen) atoms. The number of esters is 1. The van der Waals surface area contributed by atoms with E-state index in [1.807, 2.05) is 0 Å². The number of halogens is 1. The summed E-state index contributed by atoms with van der Waals surface area (Å²) in [6.45, 7) is 5.76. The molecule has 0 fully saturated rings. The van der Waals surface area contributed by atoms with Crippen LogP contribution in [0.2, 0.25) is 0 Å². The smallest absolute Gasteiger partial charge is 0.320 e. The first-order valence-electron chi connectivity index (χ1n) is 5.68. The fourth-order valence-electron chi connectivity index (χ4n) is 1.35. The number of benzene rings is 1. The van der Waals surface area contributed by atoms with Crippen molar-refractivity contribution < 1.29 is 19.0 Å². The topological polar surface area (TPSA) is 58.6 Å². The Hall–Kier alpha value is -1.62.